The van der Waals surface area contributed by atoms with Crippen molar-refractivity contribution in [1.29, 1.82) is 0 Å². The molecular weight excluding hydrogens is 764 g/mol. The van der Waals surface area contributed by atoms with E-state index in [4.69, 9.17) is 18.9 Å². The van der Waals surface area contributed by atoms with Gasteiger partial charge in [-0.2, -0.15) is 0 Å². The number of nitrogens with zero attached hydrogens (tertiary/aromatic N) is 1. The fourth-order valence-corrected chi connectivity index (χ4v) is 5.18. The lowest BCUT2D eigenvalue weighted by atomic mass is 10.0. The first-order valence-electron chi connectivity index (χ1n) is 19.6. The molecule has 0 unspecified atom stereocenters. The Bertz CT molecular complexity index is 1640. The molecule has 2 aromatic carbocycles. The maximum Gasteiger partial charge on any atom is 0.408 e. The zero-order valence-electron chi connectivity index (χ0n) is 35.7. The molecule has 2 aromatic rings. The molecule has 0 saturated carbocycles. The Morgan fingerprint density at radius 2 is 1.08 bits per heavy atom. The van der Waals surface area contributed by atoms with E-state index in [2.05, 4.69) is 26.6 Å². The van der Waals surface area contributed by atoms with Crippen LogP contribution in [0.5, 0.6) is 0 Å². The highest BCUT2D eigenvalue weighted by atomic mass is 16.6. The summed E-state index contributed by atoms with van der Waals surface area (Å²) in [6, 6.07) is 14.3. The molecule has 0 heterocycles. The number of carbonyl (C=O) groups excluding carboxylic acids is 7. The number of hydrogen-bond acceptors (Lipinski definition) is 11. The Morgan fingerprint density at radius 1 is 0.610 bits per heavy atom. The summed E-state index contributed by atoms with van der Waals surface area (Å²) in [6.45, 7) is 15.1. The topological polar surface area (TPSA) is 220 Å². The van der Waals surface area contributed by atoms with Crippen LogP contribution in [0.15, 0.2) is 60.7 Å². The molecule has 326 valence electrons. The molecule has 6 amide bonds. The van der Waals surface area contributed by atoms with Gasteiger partial charge in [0.25, 0.3) is 0 Å². The van der Waals surface area contributed by atoms with Gasteiger partial charge in [-0.15, -0.1) is 0 Å². The first-order valence-corrected chi connectivity index (χ1v) is 19.6. The van der Waals surface area contributed by atoms with E-state index in [1.165, 1.54) is 11.8 Å². The second kappa shape index (κ2) is 24.1. The van der Waals surface area contributed by atoms with Crippen LogP contribution < -0.4 is 26.6 Å². The van der Waals surface area contributed by atoms with Gasteiger partial charge in [-0.05, 0) is 71.9 Å². The number of hydrogen-bond donors (Lipinski definition) is 5. The summed E-state index contributed by atoms with van der Waals surface area (Å²) in [5.74, 6) is -3.07. The number of nitrogens with one attached hydrogen (secondary N) is 5. The largest absolute Gasteiger partial charge is 0.459 e. The Balaban J connectivity index is 2.20. The van der Waals surface area contributed by atoms with Crippen LogP contribution in [0.4, 0.5) is 14.4 Å². The maximum atomic E-state index is 13.9. The normalized spacial score (nSPS) is 12.8. The number of ether oxygens (including phenoxy) is 4. The van der Waals surface area contributed by atoms with E-state index in [1.54, 1.807) is 110 Å². The zero-order chi connectivity index (χ0) is 44.2. The number of amides is 6. The van der Waals surface area contributed by atoms with Gasteiger partial charge in [-0.3, -0.25) is 14.4 Å². The minimum Gasteiger partial charge on any atom is -0.459 e. The monoisotopic (exact) mass is 826 g/mol. The van der Waals surface area contributed by atoms with Gasteiger partial charge >= 0.3 is 24.2 Å². The fourth-order valence-electron chi connectivity index (χ4n) is 5.18. The Hall–Kier alpha value is -5.87. The molecule has 0 bridgehead atoms. The van der Waals surface area contributed by atoms with Crippen molar-refractivity contribution in [3.8, 4) is 0 Å². The third-order valence-electron chi connectivity index (χ3n) is 8.10. The second-order valence-electron chi connectivity index (χ2n) is 16.1. The molecule has 5 N–H and O–H groups in total. The van der Waals surface area contributed by atoms with Crippen LogP contribution in [0.25, 0.3) is 0 Å². The van der Waals surface area contributed by atoms with E-state index < -0.39 is 77.2 Å². The highest BCUT2D eigenvalue weighted by Crippen LogP contribution is 2.11. The first kappa shape index (κ1) is 49.3. The molecule has 0 aromatic heterocycles. The molecule has 3 atom stereocenters. The van der Waals surface area contributed by atoms with E-state index in [0.717, 1.165) is 5.56 Å². The van der Waals surface area contributed by atoms with E-state index in [9.17, 15) is 33.6 Å². The van der Waals surface area contributed by atoms with E-state index >= 15 is 0 Å². The summed E-state index contributed by atoms with van der Waals surface area (Å²) in [6.07, 6.45) is -2.82. The summed E-state index contributed by atoms with van der Waals surface area (Å²) >= 11 is 0. The predicted octanol–water partition coefficient (Wildman–Crippen LogP) is 4.33. The van der Waals surface area contributed by atoms with E-state index in [1.807, 2.05) is 6.07 Å². The van der Waals surface area contributed by atoms with Crippen molar-refractivity contribution >= 4 is 42.0 Å². The molecule has 0 saturated heterocycles. The Kier molecular flexibility index (Phi) is 20.2. The standard InChI is InChI=1S/C42H62N6O11/c1-28(2)34(36(51)45-29(3)37(52)56-26-30-16-12-10-13-17-30)47-35(50)32(46-40(55)57-27-31-18-14-11-15-19-31)20-21-33(49)48(24-22-43-38(53)58-41(4,5)6)25-23-44-39(54)59-42(7,8)9/h10-19,28-29,32,34H,20-27H2,1-9H3,(H,43,53)(H,44,54)(H,45,51)(H,46,55)(H,47,50)/t29-,32-,34-/m0/s1. The third-order valence-corrected chi connectivity index (χ3v) is 8.10. The minimum absolute atomic E-state index is 0.00443. The zero-order valence-corrected chi connectivity index (χ0v) is 35.7. The lowest BCUT2D eigenvalue weighted by Crippen LogP contribution is -2.57. The Labute approximate surface area is 347 Å². The van der Waals surface area contributed by atoms with Crippen LogP contribution in [-0.4, -0.2) is 102 Å². The van der Waals surface area contributed by atoms with Gasteiger partial charge in [0.05, 0.1) is 0 Å². The minimum atomic E-state index is -1.36. The van der Waals surface area contributed by atoms with Gasteiger partial charge in [-0.1, -0.05) is 74.5 Å². The molecule has 17 heteroatoms. The number of alkyl carbamates (subject to hydrolysis) is 3. The van der Waals surface area contributed by atoms with Crippen LogP contribution in [0, 0.1) is 5.92 Å². The summed E-state index contributed by atoms with van der Waals surface area (Å²) in [7, 11) is 0. The number of rotatable bonds is 20. The maximum absolute atomic E-state index is 13.9. The van der Waals surface area contributed by atoms with Gasteiger partial charge in [0.2, 0.25) is 17.7 Å². The van der Waals surface area contributed by atoms with Crippen LogP contribution in [0.2, 0.25) is 0 Å². The van der Waals surface area contributed by atoms with Crippen molar-refractivity contribution in [1.82, 2.24) is 31.5 Å². The average molecular weight is 827 g/mol. The smallest absolute Gasteiger partial charge is 0.408 e. The lowest BCUT2D eigenvalue weighted by molar-refractivity contribution is -0.149. The highest BCUT2D eigenvalue weighted by molar-refractivity contribution is 5.93. The molecule has 17 nitrogen and oxygen atoms in total. The first-order chi connectivity index (χ1) is 27.6. The fraction of sp³-hybridized carbons (Fsp3) is 0.548. The van der Waals surface area contributed by atoms with Gasteiger partial charge in [-0.25, -0.2) is 19.2 Å². The molecule has 59 heavy (non-hydrogen) atoms. The summed E-state index contributed by atoms with van der Waals surface area (Å²) in [5.41, 5.74) is -0.0285. The van der Waals surface area contributed by atoms with Gasteiger partial charge < -0.3 is 50.4 Å². The molecule has 0 aliphatic heterocycles. The van der Waals surface area contributed by atoms with Crippen LogP contribution >= 0.6 is 0 Å². The Morgan fingerprint density at radius 3 is 1.54 bits per heavy atom. The number of benzene rings is 2. The second-order valence-corrected chi connectivity index (χ2v) is 16.1. The third kappa shape index (κ3) is 20.9. The highest BCUT2D eigenvalue weighted by Gasteiger charge is 2.32. The molecule has 2 rings (SSSR count). The van der Waals surface area contributed by atoms with Crippen LogP contribution in [-0.2, 0) is 51.3 Å². The summed E-state index contributed by atoms with van der Waals surface area (Å²) < 4.78 is 21.3. The van der Waals surface area contributed by atoms with Crippen molar-refractivity contribution in [2.75, 3.05) is 26.2 Å². The van der Waals surface area contributed by atoms with Gasteiger partial charge in [0, 0.05) is 32.6 Å². The molecule has 0 radical (unpaired) electrons. The summed E-state index contributed by atoms with van der Waals surface area (Å²) in [5, 5.41) is 13.0. The molecular formula is C42H62N6O11. The van der Waals surface area contributed by atoms with Crippen LogP contribution in [0.3, 0.4) is 0 Å². The number of carbonyl (C=O) groups is 7. The summed E-state index contributed by atoms with van der Waals surface area (Å²) in [4.78, 5) is 92.6. The molecule has 0 fully saturated rings. The average Bonchev–Trinajstić information content (AvgIpc) is 3.15. The van der Waals surface area contributed by atoms with Crippen molar-refractivity contribution < 1.29 is 52.5 Å². The molecule has 0 aliphatic carbocycles. The SMILES string of the molecule is CC(C)[C@H](NC(=O)[C@H](CCC(=O)N(CCNC(=O)OC(C)(C)C)CCNC(=O)OC(C)(C)C)NC(=O)OCc1ccccc1)C(=O)N[C@@H](C)C(=O)OCc1ccccc1. The van der Waals surface area contributed by atoms with Crippen molar-refractivity contribution in [2.45, 2.75) is 118 Å². The van der Waals surface area contributed by atoms with E-state index in [-0.39, 0.29) is 52.2 Å². The number of esters is 1. The van der Waals surface area contributed by atoms with Crippen molar-refractivity contribution in [3.63, 3.8) is 0 Å². The van der Waals surface area contributed by atoms with Crippen LogP contribution in [0.1, 0.15) is 86.3 Å². The molecule has 0 aliphatic rings. The van der Waals surface area contributed by atoms with Crippen molar-refractivity contribution in [2.24, 2.45) is 5.92 Å². The van der Waals surface area contributed by atoms with Gasteiger partial charge in [0.15, 0.2) is 0 Å². The lowest BCUT2D eigenvalue weighted by Gasteiger charge is -2.27. The molecule has 0 spiro atoms. The quantitative estimate of drug-likeness (QED) is 0.0935. The van der Waals surface area contributed by atoms with Gasteiger partial charge in [0.1, 0.15) is 42.5 Å². The van der Waals surface area contributed by atoms with E-state index in [0.29, 0.717) is 5.56 Å². The van der Waals surface area contributed by atoms with Crippen molar-refractivity contribution in [3.05, 3.63) is 71.8 Å². The predicted molar refractivity (Wildman–Crippen MR) is 218 cm³/mol.